The van der Waals surface area contributed by atoms with Gasteiger partial charge < -0.3 is 10.6 Å². The summed E-state index contributed by atoms with van der Waals surface area (Å²) in [4.78, 5) is 43.4. The molecule has 0 saturated heterocycles. The molecule has 9 nitrogen and oxygen atoms in total. The van der Waals surface area contributed by atoms with Gasteiger partial charge in [0.25, 0.3) is 17.2 Å². The molecule has 0 aliphatic rings. The molecule has 3 aromatic carbocycles. The molecule has 1 aromatic heterocycles. The van der Waals surface area contributed by atoms with Crippen LogP contribution in [0.1, 0.15) is 22.3 Å². The van der Waals surface area contributed by atoms with E-state index in [1.165, 1.54) is 0 Å². The first-order valence-electron chi connectivity index (χ1n) is 10.6. The van der Waals surface area contributed by atoms with Gasteiger partial charge in [-0.15, -0.1) is 0 Å². The number of nitro benzene ring substituents is 1. The highest BCUT2D eigenvalue weighted by molar-refractivity contribution is 6.42. The number of non-ortho nitro benzene ring substituents is 1. The molecule has 11 heteroatoms. The summed E-state index contributed by atoms with van der Waals surface area (Å²) in [6.07, 6.45) is 1.42. The van der Waals surface area contributed by atoms with Crippen molar-refractivity contribution >= 4 is 57.3 Å². The van der Waals surface area contributed by atoms with E-state index in [1.807, 2.05) is 30.3 Å². The summed E-state index contributed by atoms with van der Waals surface area (Å²) < 4.78 is 0. The number of hydrogen-bond donors (Lipinski definition) is 3. The lowest BCUT2D eigenvalue weighted by atomic mass is 10.1. The topological polar surface area (TPSA) is 130 Å². The number of aromatic nitrogens is 2. The van der Waals surface area contributed by atoms with Crippen molar-refractivity contribution in [1.82, 2.24) is 15.3 Å². The van der Waals surface area contributed by atoms with Crippen LogP contribution in [0.2, 0.25) is 10.0 Å². The molecule has 1 amide bonds. The minimum absolute atomic E-state index is 0.0301. The van der Waals surface area contributed by atoms with Gasteiger partial charge in [0, 0.05) is 24.4 Å². The third-order valence-electron chi connectivity index (χ3n) is 5.20. The van der Waals surface area contributed by atoms with Crippen LogP contribution in [0.15, 0.2) is 65.5 Å². The summed E-state index contributed by atoms with van der Waals surface area (Å²) in [6, 6.07) is 16.8. The van der Waals surface area contributed by atoms with Crippen LogP contribution in [0.5, 0.6) is 0 Å². The van der Waals surface area contributed by atoms with Crippen molar-refractivity contribution in [3.8, 4) is 0 Å². The number of benzene rings is 3. The number of aryl methyl sites for hydroxylation is 1. The van der Waals surface area contributed by atoms with Crippen molar-refractivity contribution in [1.29, 1.82) is 0 Å². The molecule has 3 N–H and O–H groups in total. The molecule has 1 heterocycles. The quantitative estimate of drug-likeness (QED) is 0.168. The van der Waals surface area contributed by atoms with Gasteiger partial charge in [-0.3, -0.25) is 24.7 Å². The molecule has 0 unspecified atom stereocenters. The average Bonchev–Trinajstić information content (AvgIpc) is 2.84. The van der Waals surface area contributed by atoms with Crippen molar-refractivity contribution in [2.45, 2.75) is 12.8 Å². The number of nitrogens with one attached hydrogen (secondary N) is 3. The minimum atomic E-state index is -0.660. The van der Waals surface area contributed by atoms with Crippen LogP contribution >= 0.6 is 23.2 Å². The van der Waals surface area contributed by atoms with Crippen molar-refractivity contribution in [2.24, 2.45) is 0 Å². The lowest BCUT2D eigenvalue weighted by Crippen LogP contribution is -2.26. The molecule has 0 saturated carbocycles. The molecule has 0 radical (unpaired) electrons. The van der Waals surface area contributed by atoms with Crippen molar-refractivity contribution in [3.05, 3.63) is 102 Å². The summed E-state index contributed by atoms with van der Waals surface area (Å²) in [5.41, 5.74) is 0.563. The van der Waals surface area contributed by atoms with Crippen molar-refractivity contribution < 1.29 is 9.72 Å². The molecule has 35 heavy (non-hydrogen) atoms. The summed E-state index contributed by atoms with van der Waals surface area (Å²) in [5.74, 6) is -0.529. The Morgan fingerprint density at radius 2 is 1.83 bits per heavy atom. The molecule has 4 rings (SSSR count). The number of aromatic amines is 1. The van der Waals surface area contributed by atoms with Crippen LogP contribution in [-0.4, -0.2) is 27.3 Å². The number of anilines is 2. The highest BCUT2D eigenvalue weighted by atomic mass is 35.5. The van der Waals surface area contributed by atoms with Crippen molar-refractivity contribution in [2.75, 3.05) is 11.9 Å². The standard InChI is InChI=1S/C24H19Cl2N5O4/c25-19-9-8-15(11-20(19)26)28-24-29-21-17(12-16(31(34)35)13-18(21)23(33)30-24)22(32)27-10-4-7-14-5-2-1-3-6-14/h1-3,5-6,8-9,11-13H,4,7,10H2,(H,27,32)(H2,28,29,30,33). The fourth-order valence-electron chi connectivity index (χ4n) is 3.51. The zero-order valence-corrected chi connectivity index (χ0v) is 19.7. The first-order chi connectivity index (χ1) is 16.8. The number of nitro groups is 1. The molecule has 0 aliphatic heterocycles. The second-order valence-corrected chi connectivity index (χ2v) is 8.47. The molecular formula is C24H19Cl2N5O4. The van der Waals surface area contributed by atoms with Gasteiger partial charge in [-0.2, -0.15) is 0 Å². The number of nitrogens with zero attached hydrogens (tertiary/aromatic N) is 2. The van der Waals surface area contributed by atoms with Gasteiger partial charge >= 0.3 is 0 Å². The maximum Gasteiger partial charge on any atom is 0.271 e. The third kappa shape index (κ3) is 5.76. The number of hydrogen-bond acceptors (Lipinski definition) is 6. The normalized spacial score (nSPS) is 10.8. The average molecular weight is 512 g/mol. The van der Waals surface area contributed by atoms with E-state index in [1.54, 1.807) is 18.2 Å². The Labute approximate surface area is 209 Å². The molecule has 0 atom stereocenters. The minimum Gasteiger partial charge on any atom is -0.352 e. The second-order valence-electron chi connectivity index (χ2n) is 7.66. The zero-order chi connectivity index (χ0) is 24.9. The van der Waals surface area contributed by atoms with Gasteiger partial charge in [-0.05, 0) is 36.6 Å². The number of carbonyl (C=O) groups is 1. The number of carbonyl (C=O) groups excluding carboxylic acids is 1. The summed E-state index contributed by atoms with van der Waals surface area (Å²) >= 11 is 12.0. The molecule has 178 valence electrons. The number of amides is 1. The predicted octanol–water partition coefficient (Wildman–Crippen LogP) is 5.24. The molecule has 0 bridgehead atoms. The van der Waals surface area contributed by atoms with Gasteiger partial charge in [0.15, 0.2) is 0 Å². The predicted molar refractivity (Wildman–Crippen MR) is 136 cm³/mol. The van der Waals surface area contributed by atoms with Crippen LogP contribution in [-0.2, 0) is 6.42 Å². The van der Waals surface area contributed by atoms with Gasteiger partial charge in [0.2, 0.25) is 5.95 Å². The summed E-state index contributed by atoms with van der Waals surface area (Å²) in [7, 11) is 0. The van der Waals surface area contributed by atoms with E-state index < -0.39 is 16.4 Å². The van der Waals surface area contributed by atoms with Crippen molar-refractivity contribution in [3.63, 3.8) is 0 Å². The third-order valence-corrected chi connectivity index (χ3v) is 5.94. The highest BCUT2D eigenvalue weighted by Gasteiger charge is 2.20. The Morgan fingerprint density at radius 3 is 2.54 bits per heavy atom. The summed E-state index contributed by atoms with van der Waals surface area (Å²) in [5, 5.41) is 17.7. The Balaban J connectivity index is 1.63. The highest BCUT2D eigenvalue weighted by Crippen LogP contribution is 2.27. The molecule has 0 fully saturated rings. The van der Waals surface area contributed by atoms with E-state index in [9.17, 15) is 19.7 Å². The fourth-order valence-corrected chi connectivity index (χ4v) is 3.81. The van der Waals surface area contributed by atoms with E-state index in [4.69, 9.17) is 23.2 Å². The first kappa shape index (κ1) is 24.2. The van der Waals surface area contributed by atoms with Gasteiger partial charge in [0.05, 0.1) is 31.4 Å². The van der Waals surface area contributed by atoms with Crippen LogP contribution in [0.3, 0.4) is 0 Å². The number of H-pyrrole nitrogens is 1. The Hall–Kier alpha value is -3.95. The van der Waals surface area contributed by atoms with Gasteiger partial charge in [-0.25, -0.2) is 4.98 Å². The molecule has 0 spiro atoms. The molecule has 0 aliphatic carbocycles. The SMILES string of the molecule is O=C(NCCCc1ccccc1)c1cc([N+](=O)[O-])cc2c(=O)[nH]c(Nc3ccc(Cl)c(Cl)c3)nc12. The van der Waals surface area contributed by atoms with E-state index in [-0.39, 0.29) is 28.1 Å². The summed E-state index contributed by atoms with van der Waals surface area (Å²) in [6.45, 7) is 0.343. The number of fused-ring (bicyclic) bond motifs is 1. The Bertz CT molecular complexity index is 1470. The molecule has 4 aromatic rings. The van der Waals surface area contributed by atoms with E-state index in [0.29, 0.717) is 28.7 Å². The van der Waals surface area contributed by atoms with E-state index >= 15 is 0 Å². The fraction of sp³-hybridized carbons (Fsp3) is 0.125. The van der Waals surface area contributed by atoms with E-state index in [0.717, 1.165) is 24.1 Å². The molecular weight excluding hydrogens is 493 g/mol. The largest absolute Gasteiger partial charge is 0.352 e. The Morgan fingerprint density at radius 1 is 1.06 bits per heavy atom. The van der Waals surface area contributed by atoms with E-state index in [2.05, 4.69) is 20.6 Å². The first-order valence-corrected chi connectivity index (χ1v) is 11.3. The monoisotopic (exact) mass is 511 g/mol. The maximum atomic E-state index is 13.0. The Kier molecular flexibility index (Phi) is 7.28. The maximum absolute atomic E-state index is 13.0. The van der Waals surface area contributed by atoms with Crippen LogP contribution in [0, 0.1) is 10.1 Å². The van der Waals surface area contributed by atoms with Crippen LogP contribution in [0.25, 0.3) is 10.9 Å². The van der Waals surface area contributed by atoms with Gasteiger partial charge in [-0.1, -0.05) is 53.5 Å². The lowest BCUT2D eigenvalue weighted by Gasteiger charge is -2.11. The second kappa shape index (κ2) is 10.5. The zero-order valence-electron chi connectivity index (χ0n) is 18.2. The lowest BCUT2D eigenvalue weighted by molar-refractivity contribution is -0.384. The van der Waals surface area contributed by atoms with Crippen LogP contribution in [0.4, 0.5) is 17.3 Å². The smallest absolute Gasteiger partial charge is 0.271 e. The number of halogens is 2. The van der Waals surface area contributed by atoms with Crippen LogP contribution < -0.4 is 16.2 Å². The number of rotatable bonds is 8. The van der Waals surface area contributed by atoms with Gasteiger partial charge in [0.1, 0.15) is 0 Å².